The molecule has 7 heteroatoms. The first-order chi connectivity index (χ1) is 13.5. The lowest BCUT2D eigenvalue weighted by Crippen LogP contribution is -2.38. The van der Waals surface area contributed by atoms with Crippen LogP contribution in [0.1, 0.15) is 25.8 Å². The van der Waals surface area contributed by atoms with Crippen molar-refractivity contribution in [2.24, 2.45) is 0 Å². The van der Waals surface area contributed by atoms with Gasteiger partial charge in [0.1, 0.15) is 12.1 Å². The van der Waals surface area contributed by atoms with Gasteiger partial charge in [0.15, 0.2) is 5.16 Å². The number of aryl methyl sites for hydroxylation is 1. The number of thioether (sulfide) groups is 1. The van der Waals surface area contributed by atoms with Crippen LogP contribution in [-0.4, -0.2) is 32.0 Å². The number of carbonyl (C=O) groups is 1. The van der Waals surface area contributed by atoms with Gasteiger partial charge in [-0.1, -0.05) is 54.2 Å². The first-order valence-electron chi connectivity index (χ1n) is 9.20. The number of carbonyl (C=O) groups excluding carboxylic acids is 1. The van der Waals surface area contributed by atoms with Crippen LogP contribution < -0.4 is 5.32 Å². The summed E-state index contributed by atoms with van der Waals surface area (Å²) >= 11 is 1.26. The molecule has 1 N–H and O–H groups in total. The van der Waals surface area contributed by atoms with E-state index >= 15 is 0 Å². The van der Waals surface area contributed by atoms with Crippen molar-refractivity contribution in [3.8, 4) is 5.69 Å². The number of nitrogens with one attached hydrogen (secondary N) is 1. The molecule has 0 aliphatic rings. The summed E-state index contributed by atoms with van der Waals surface area (Å²) in [7, 11) is 0. The highest BCUT2D eigenvalue weighted by Gasteiger charge is 2.20. The number of nitrogens with zero attached hydrogens (tertiary/aromatic N) is 3. The van der Waals surface area contributed by atoms with Crippen LogP contribution in [0.5, 0.6) is 0 Å². The highest BCUT2D eigenvalue weighted by molar-refractivity contribution is 8.00. The number of rotatable bonds is 8. The molecule has 0 fully saturated rings. The lowest BCUT2D eigenvalue weighted by atomic mass is 10.1. The zero-order chi connectivity index (χ0) is 19.9. The van der Waals surface area contributed by atoms with Crippen molar-refractivity contribution >= 4 is 17.7 Å². The normalized spacial score (nSPS) is 13.1. The molecule has 1 amide bonds. The van der Waals surface area contributed by atoms with Gasteiger partial charge in [-0.3, -0.25) is 9.36 Å². The minimum atomic E-state index is -0.381. The van der Waals surface area contributed by atoms with E-state index < -0.39 is 0 Å². The van der Waals surface area contributed by atoms with Crippen LogP contribution in [0.2, 0.25) is 0 Å². The SMILES string of the molecule is C[C@H](CCc1ccccc1)NC(=O)[C@H](C)Sc1nncn1-c1ccccc1F. The van der Waals surface area contributed by atoms with Gasteiger partial charge < -0.3 is 5.32 Å². The van der Waals surface area contributed by atoms with E-state index in [9.17, 15) is 9.18 Å². The molecule has 146 valence electrons. The van der Waals surface area contributed by atoms with Crippen molar-refractivity contribution in [1.29, 1.82) is 0 Å². The Labute approximate surface area is 168 Å². The highest BCUT2D eigenvalue weighted by Crippen LogP contribution is 2.25. The average Bonchev–Trinajstić information content (AvgIpc) is 3.15. The first kappa shape index (κ1) is 20.1. The topological polar surface area (TPSA) is 59.8 Å². The van der Waals surface area contributed by atoms with Crippen LogP contribution in [0.4, 0.5) is 4.39 Å². The highest BCUT2D eigenvalue weighted by atomic mass is 32.2. The fraction of sp³-hybridized carbons (Fsp3) is 0.286. The number of hydrogen-bond acceptors (Lipinski definition) is 4. The molecule has 0 spiro atoms. The molecule has 0 saturated heterocycles. The van der Waals surface area contributed by atoms with Crippen molar-refractivity contribution < 1.29 is 9.18 Å². The number of benzene rings is 2. The summed E-state index contributed by atoms with van der Waals surface area (Å²) < 4.78 is 15.6. The third-order valence-electron chi connectivity index (χ3n) is 4.38. The standard InChI is InChI=1S/C21H23FN4OS/c1-15(12-13-17-8-4-3-5-9-17)24-20(27)16(2)28-21-25-23-14-26(21)19-11-7-6-10-18(19)22/h3-11,14-16H,12-13H2,1-2H3,(H,24,27)/t15-,16+/m1/s1. The minimum Gasteiger partial charge on any atom is -0.353 e. The lowest BCUT2D eigenvalue weighted by molar-refractivity contribution is -0.120. The summed E-state index contributed by atoms with van der Waals surface area (Å²) in [5, 5.41) is 11.0. The summed E-state index contributed by atoms with van der Waals surface area (Å²) in [5.41, 5.74) is 1.61. The molecule has 1 aromatic heterocycles. The Morgan fingerprint density at radius 2 is 1.86 bits per heavy atom. The fourth-order valence-electron chi connectivity index (χ4n) is 2.79. The van der Waals surface area contributed by atoms with Crippen LogP contribution in [0.15, 0.2) is 66.1 Å². The van der Waals surface area contributed by atoms with E-state index in [-0.39, 0.29) is 23.0 Å². The molecule has 5 nitrogen and oxygen atoms in total. The van der Waals surface area contributed by atoms with E-state index in [4.69, 9.17) is 0 Å². The number of para-hydroxylation sites is 1. The third-order valence-corrected chi connectivity index (χ3v) is 5.43. The Hall–Kier alpha value is -2.67. The molecule has 2 atom stereocenters. The van der Waals surface area contributed by atoms with Gasteiger partial charge in [0.2, 0.25) is 5.91 Å². The molecule has 3 aromatic rings. The largest absolute Gasteiger partial charge is 0.353 e. The van der Waals surface area contributed by atoms with Gasteiger partial charge >= 0.3 is 0 Å². The molecule has 0 unspecified atom stereocenters. The van der Waals surface area contributed by atoms with Crippen molar-refractivity contribution in [3.05, 3.63) is 72.3 Å². The maximum atomic E-state index is 14.1. The zero-order valence-electron chi connectivity index (χ0n) is 15.9. The van der Waals surface area contributed by atoms with Crippen LogP contribution in [-0.2, 0) is 11.2 Å². The second kappa shape index (κ2) is 9.50. The van der Waals surface area contributed by atoms with Crippen molar-refractivity contribution in [2.45, 2.75) is 43.1 Å². The smallest absolute Gasteiger partial charge is 0.233 e. The molecular weight excluding hydrogens is 375 g/mol. The number of aromatic nitrogens is 3. The third kappa shape index (κ3) is 5.19. The minimum absolute atomic E-state index is 0.0557. The van der Waals surface area contributed by atoms with E-state index in [1.807, 2.05) is 32.0 Å². The fourth-order valence-corrected chi connectivity index (χ4v) is 3.63. The maximum absolute atomic E-state index is 14.1. The molecule has 0 radical (unpaired) electrons. The summed E-state index contributed by atoms with van der Waals surface area (Å²) in [6, 6.07) is 16.7. The first-order valence-corrected chi connectivity index (χ1v) is 10.1. The summed E-state index contributed by atoms with van der Waals surface area (Å²) in [6.45, 7) is 3.81. The zero-order valence-corrected chi connectivity index (χ0v) is 16.7. The summed E-state index contributed by atoms with van der Waals surface area (Å²) in [5.74, 6) is -0.440. The molecule has 0 aliphatic heterocycles. The van der Waals surface area contributed by atoms with Gasteiger partial charge in [0.05, 0.1) is 10.9 Å². The van der Waals surface area contributed by atoms with Crippen LogP contribution in [0.3, 0.4) is 0 Å². The molecule has 28 heavy (non-hydrogen) atoms. The van der Waals surface area contributed by atoms with E-state index in [0.29, 0.717) is 10.8 Å². The van der Waals surface area contributed by atoms with E-state index in [2.05, 4.69) is 27.6 Å². The van der Waals surface area contributed by atoms with Gasteiger partial charge in [0, 0.05) is 6.04 Å². The van der Waals surface area contributed by atoms with Crippen LogP contribution in [0.25, 0.3) is 5.69 Å². The molecular formula is C21H23FN4OS. The van der Waals surface area contributed by atoms with E-state index in [1.165, 1.54) is 29.7 Å². The summed E-state index contributed by atoms with van der Waals surface area (Å²) in [6.07, 6.45) is 3.22. The second-order valence-corrected chi connectivity index (χ2v) is 7.94. The van der Waals surface area contributed by atoms with Crippen molar-refractivity contribution in [3.63, 3.8) is 0 Å². The predicted octanol–water partition coefficient (Wildman–Crippen LogP) is 4.02. The Kier molecular flexibility index (Phi) is 6.81. The Bertz CT molecular complexity index is 916. The molecule has 0 aliphatic carbocycles. The quantitative estimate of drug-likeness (QED) is 0.582. The Balaban J connectivity index is 1.56. The number of halogens is 1. The van der Waals surface area contributed by atoms with Gasteiger partial charge in [-0.2, -0.15) is 0 Å². The van der Waals surface area contributed by atoms with Gasteiger partial charge in [-0.25, -0.2) is 4.39 Å². The van der Waals surface area contributed by atoms with Gasteiger partial charge in [0.25, 0.3) is 0 Å². The molecule has 1 heterocycles. The average molecular weight is 399 g/mol. The molecule has 0 saturated carbocycles. The summed E-state index contributed by atoms with van der Waals surface area (Å²) in [4.78, 5) is 12.5. The maximum Gasteiger partial charge on any atom is 0.233 e. The Morgan fingerprint density at radius 3 is 2.61 bits per heavy atom. The van der Waals surface area contributed by atoms with E-state index in [0.717, 1.165) is 12.8 Å². The van der Waals surface area contributed by atoms with Crippen LogP contribution in [0, 0.1) is 5.82 Å². The van der Waals surface area contributed by atoms with E-state index in [1.54, 1.807) is 22.8 Å². The number of hydrogen-bond donors (Lipinski definition) is 1. The van der Waals surface area contributed by atoms with Crippen molar-refractivity contribution in [1.82, 2.24) is 20.1 Å². The van der Waals surface area contributed by atoms with Crippen molar-refractivity contribution in [2.75, 3.05) is 0 Å². The predicted molar refractivity (Wildman–Crippen MR) is 109 cm³/mol. The van der Waals surface area contributed by atoms with Gasteiger partial charge in [-0.05, 0) is 44.4 Å². The van der Waals surface area contributed by atoms with Gasteiger partial charge in [-0.15, -0.1) is 10.2 Å². The lowest BCUT2D eigenvalue weighted by Gasteiger charge is -2.17. The van der Waals surface area contributed by atoms with Crippen LogP contribution >= 0.6 is 11.8 Å². The number of amides is 1. The monoisotopic (exact) mass is 398 g/mol. The second-order valence-electron chi connectivity index (χ2n) is 6.63. The Morgan fingerprint density at radius 1 is 1.14 bits per heavy atom. The molecule has 3 rings (SSSR count). The molecule has 2 aromatic carbocycles. The molecule has 0 bridgehead atoms.